The van der Waals surface area contributed by atoms with E-state index < -0.39 is 0 Å². The molecule has 0 unspecified atom stereocenters. The summed E-state index contributed by atoms with van der Waals surface area (Å²) in [6.07, 6.45) is 1.82. The van der Waals surface area contributed by atoms with E-state index in [9.17, 15) is 14.4 Å². The van der Waals surface area contributed by atoms with E-state index in [1.54, 1.807) is 24.3 Å². The number of aromatic amines is 1. The van der Waals surface area contributed by atoms with Crippen LogP contribution in [0.3, 0.4) is 0 Å². The molecule has 1 aliphatic rings. The Kier molecular flexibility index (Phi) is 4.52. The first-order valence-electron chi connectivity index (χ1n) is 9.82. The van der Waals surface area contributed by atoms with E-state index in [0.29, 0.717) is 28.6 Å². The third kappa shape index (κ3) is 3.34. The summed E-state index contributed by atoms with van der Waals surface area (Å²) in [5, 5.41) is 8.10. The van der Waals surface area contributed by atoms with Crippen molar-refractivity contribution in [2.24, 2.45) is 0 Å². The van der Waals surface area contributed by atoms with Gasteiger partial charge in [0.05, 0.1) is 22.3 Å². The molecule has 0 fully saturated rings. The van der Waals surface area contributed by atoms with Crippen LogP contribution < -0.4 is 10.5 Å². The van der Waals surface area contributed by atoms with Gasteiger partial charge < -0.3 is 0 Å². The molecule has 150 valence electrons. The van der Waals surface area contributed by atoms with E-state index in [-0.39, 0.29) is 17.4 Å². The summed E-state index contributed by atoms with van der Waals surface area (Å²) < 4.78 is 0. The molecular weight excluding hydrogens is 390 g/mol. The van der Waals surface area contributed by atoms with Crippen molar-refractivity contribution in [3.05, 3.63) is 112 Å². The smallest absolute Gasteiger partial charge is 0.269 e. The molecule has 0 bridgehead atoms. The topological polar surface area (TPSA) is 83.1 Å². The van der Waals surface area contributed by atoms with Crippen molar-refractivity contribution in [1.29, 1.82) is 0 Å². The van der Waals surface area contributed by atoms with E-state index in [1.165, 1.54) is 11.0 Å². The Morgan fingerprint density at radius 3 is 2.35 bits per heavy atom. The Balaban J connectivity index is 1.47. The van der Waals surface area contributed by atoms with Gasteiger partial charge in [0.2, 0.25) is 0 Å². The lowest BCUT2D eigenvalue weighted by Gasteiger charge is -2.16. The molecule has 1 aromatic heterocycles. The van der Waals surface area contributed by atoms with Gasteiger partial charge in [-0.1, -0.05) is 60.7 Å². The predicted molar refractivity (Wildman–Crippen MR) is 119 cm³/mol. The summed E-state index contributed by atoms with van der Waals surface area (Å²) in [6, 6.07) is 23.7. The maximum Gasteiger partial charge on any atom is 0.272 e. The molecule has 31 heavy (non-hydrogen) atoms. The normalized spacial score (nSPS) is 13.7. The van der Waals surface area contributed by atoms with Crippen LogP contribution in [-0.2, 0) is 16.0 Å². The van der Waals surface area contributed by atoms with Crippen molar-refractivity contribution in [2.75, 3.05) is 4.90 Å². The number of imide groups is 1. The van der Waals surface area contributed by atoms with E-state index in [0.717, 1.165) is 16.6 Å². The molecule has 6 nitrogen and oxygen atoms in total. The maximum absolute atomic E-state index is 13.0. The van der Waals surface area contributed by atoms with Crippen molar-refractivity contribution in [3.8, 4) is 0 Å². The first-order valence-corrected chi connectivity index (χ1v) is 9.82. The summed E-state index contributed by atoms with van der Waals surface area (Å²) in [4.78, 5) is 38.8. The minimum absolute atomic E-state index is 0.235. The highest BCUT2D eigenvalue weighted by Gasteiger charge is 2.33. The molecule has 1 aliphatic heterocycles. The Morgan fingerprint density at radius 2 is 1.55 bits per heavy atom. The number of hydrogen-bond donors (Lipinski definition) is 1. The second kappa shape index (κ2) is 7.50. The second-order valence-corrected chi connectivity index (χ2v) is 7.29. The van der Waals surface area contributed by atoms with E-state index in [2.05, 4.69) is 10.2 Å². The number of carbonyl (C=O) groups excluding carboxylic acids is 2. The summed E-state index contributed by atoms with van der Waals surface area (Å²) in [6.45, 7) is 0. The van der Waals surface area contributed by atoms with Crippen LogP contribution in [0.1, 0.15) is 16.8 Å². The monoisotopic (exact) mass is 407 g/mol. The molecule has 4 aromatic rings. The standard InChI is InChI=1S/C25H17N3O3/c29-23-15-21(17-8-2-1-3-9-17)25(31)28(23)18-10-6-7-16(13-18)14-22-19-11-4-5-12-20(19)24(30)27-26-22/h1-13,15H,14H2,(H,27,30). The van der Waals surface area contributed by atoms with Crippen molar-refractivity contribution in [2.45, 2.75) is 6.42 Å². The molecule has 0 saturated heterocycles. The average Bonchev–Trinajstić information content (AvgIpc) is 3.10. The Hall–Kier alpha value is -4.32. The molecule has 3 aromatic carbocycles. The van der Waals surface area contributed by atoms with Gasteiger partial charge in [-0.2, -0.15) is 5.10 Å². The van der Waals surface area contributed by atoms with Gasteiger partial charge in [-0.25, -0.2) is 10.00 Å². The number of hydrogen-bond acceptors (Lipinski definition) is 4. The summed E-state index contributed by atoms with van der Waals surface area (Å²) in [7, 11) is 0. The number of benzene rings is 3. The quantitative estimate of drug-likeness (QED) is 0.525. The van der Waals surface area contributed by atoms with Crippen molar-refractivity contribution in [3.63, 3.8) is 0 Å². The SMILES string of the molecule is O=C1C=C(c2ccccc2)C(=O)N1c1cccc(Cc2n[nH]c(=O)c3ccccc23)c1. The number of nitrogens with one attached hydrogen (secondary N) is 1. The van der Waals surface area contributed by atoms with Crippen LogP contribution in [0.15, 0.2) is 89.7 Å². The Bertz CT molecular complexity index is 1420. The Labute approximate surface area is 177 Å². The predicted octanol–water partition coefficient (Wildman–Crippen LogP) is 3.47. The molecule has 1 N–H and O–H groups in total. The molecule has 6 heteroatoms. The van der Waals surface area contributed by atoms with Gasteiger partial charge in [0.1, 0.15) is 0 Å². The van der Waals surface area contributed by atoms with Gasteiger partial charge in [0.15, 0.2) is 0 Å². The lowest BCUT2D eigenvalue weighted by molar-refractivity contribution is -0.119. The minimum Gasteiger partial charge on any atom is -0.269 e. The van der Waals surface area contributed by atoms with Gasteiger partial charge in [0.25, 0.3) is 17.4 Å². The third-order valence-corrected chi connectivity index (χ3v) is 5.32. The van der Waals surface area contributed by atoms with E-state index in [1.807, 2.05) is 54.6 Å². The van der Waals surface area contributed by atoms with Gasteiger partial charge >= 0.3 is 0 Å². The highest BCUT2D eigenvalue weighted by molar-refractivity contribution is 6.43. The molecule has 0 atom stereocenters. The summed E-state index contributed by atoms with van der Waals surface area (Å²) in [5.74, 6) is -0.713. The van der Waals surface area contributed by atoms with Crippen LogP contribution >= 0.6 is 0 Å². The van der Waals surface area contributed by atoms with E-state index in [4.69, 9.17) is 0 Å². The maximum atomic E-state index is 13.0. The van der Waals surface area contributed by atoms with Crippen LogP contribution in [0, 0.1) is 0 Å². The second-order valence-electron chi connectivity index (χ2n) is 7.29. The number of H-pyrrole nitrogens is 1. The number of amides is 2. The highest BCUT2D eigenvalue weighted by Crippen LogP contribution is 2.29. The first-order chi connectivity index (χ1) is 15.1. The van der Waals surface area contributed by atoms with Gasteiger partial charge in [-0.3, -0.25) is 14.4 Å². The number of aromatic nitrogens is 2. The molecular formula is C25H17N3O3. The van der Waals surface area contributed by atoms with Crippen LogP contribution in [0.2, 0.25) is 0 Å². The average molecular weight is 407 g/mol. The molecule has 2 heterocycles. The first kappa shape index (κ1) is 18.7. The number of rotatable bonds is 4. The van der Waals surface area contributed by atoms with Crippen LogP contribution in [-0.4, -0.2) is 22.0 Å². The fourth-order valence-corrected chi connectivity index (χ4v) is 3.84. The van der Waals surface area contributed by atoms with Crippen LogP contribution in [0.4, 0.5) is 5.69 Å². The molecule has 2 amide bonds. The Morgan fingerprint density at radius 1 is 0.806 bits per heavy atom. The lowest BCUT2D eigenvalue weighted by atomic mass is 10.0. The molecule has 0 saturated carbocycles. The highest BCUT2D eigenvalue weighted by atomic mass is 16.2. The fourth-order valence-electron chi connectivity index (χ4n) is 3.84. The molecule has 5 rings (SSSR count). The number of nitrogens with zero attached hydrogens (tertiary/aromatic N) is 2. The van der Waals surface area contributed by atoms with Gasteiger partial charge in [-0.05, 0) is 29.3 Å². The molecule has 0 aliphatic carbocycles. The zero-order valence-electron chi connectivity index (χ0n) is 16.4. The van der Waals surface area contributed by atoms with Crippen molar-refractivity contribution in [1.82, 2.24) is 10.2 Å². The zero-order valence-corrected chi connectivity index (χ0v) is 16.4. The summed E-state index contributed by atoms with van der Waals surface area (Å²) >= 11 is 0. The van der Waals surface area contributed by atoms with Crippen molar-refractivity contribution >= 4 is 33.8 Å². The van der Waals surface area contributed by atoms with Gasteiger partial charge in [0, 0.05) is 17.9 Å². The zero-order chi connectivity index (χ0) is 21.4. The third-order valence-electron chi connectivity index (χ3n) is 5.32. The minimum atomic E-state index is -0.367. The van der Waals surface area contributed by atoms with E-state index >= 15 is 0 Å². The van der Waals surface area contributed by atoms with Crippen molar-refractivity contribution < 1.29 is 9.59 Å². The molecule has 0 spiro atoms. The fraction of sp³-hybridized carbons (Fsp3) is 0.0400. The number of anilines is 1. The van der Waals surface area contributed by atoms with Gasteiger partial charge in [-0.15, -0.1) is 0 Å². The van der Waals surface area contributed by atoms with Crippen LogP contribution in [0.5, 0.6) is 0 Å². The summed E-state index contributed by atoms with van der Waals surface area (Å²) in [5.41, 5.74) is 2.95. The molecule has 0 radical (unpaired) electrons. The number of carbonyl (C=O) groups is 2. The number of fused-ring (bicyclic) bond motifs is 1. The largest absolute Gasteiger partial charge is 0.272 e. The lowest BCUT2D eigenvalue weighted by Crippen LogP contribution is -2.30. The van der Waals surface area contributed by atoms with Crippen LogP contribution in [0.25, 0.3) is 16.3 Å².